The summed E-state index contributed by atoms with van der Waals surface area (Å²) in [7, 11) is -0.870. The standard InChI is InChI=1S/C20H19ClFN3O6S/c1-29-16-10-17(30-2)15(9-14(16)21)23-19(26)7-8-20-24-18(25-31-20)11-32(27,28)13-5-3-12(22)4-6-13/h3-6,9-10H,7-8,11H2,1-2H3,(H,23,26). The number of anilines is 1. The van der Waals surface area contributed by atoms with Crippen LogP contribution in [0, 0.1) is 5.82 Å². The molecule has 0 bridgehead atoms. The minimum absolute atomic E-state index is 0.0147. The third kappa shape index (κ3) is 5.74. The van der Waals surface area contributed by atoms with Crippen LogP contribution in [0.3, 0.4) is 0 Å². The molecule has 2 aromatic carbocycles. The van der Waals surface area contributed by atoms with Crippen LogP contribution in [0.5, 0.6) is 11.5 Å². The van der Waals surface area contributed by atoms with Gasteiger partial charge in [-0.15, -0.1) is 0 Å². The zero-order chi connectivity index (χ0) is 23.3. The van der Waals surface area contributed by atoms with Crippen LogP contribution in [0.2, 0.25) is 5.02 Å². The van der Waals surface area contributed by atoms with E-state index >= 15 is 0 Å². The molecule has 0 saturated heterocycles. The van der Waals surface area contributed by atoms with Gasteiger partial charge in [-0.05, 0) is 30.3 Å². The molecule has 0 fully saturated rings. The van der Waals surface area contributed by atoms with E-state index in [1.54, 1.807) is 6.07 Å². The number of benzene rings is 2. The normalized spacial score (nSPS) is 11.2. The Morgan fingerprint density at radius 2 is 1.84 bits per heavy atom. The molecule has 0 spiro atoms. The summed E-state index contributed by atoms with van der Waals surface area (Å²) in [5.74, 6) is -0.629. The van der Waals surface area contributed by atoms with Crippen molar-refractivity contribution in [3.05, 3.63) is 59.0 Å². The zero-order valence-electron chi connectivity index (χ0n) is 17.1. The van der Waals surface area contributed by atoms with Gasteiger partial charge in [0.2, 0.25) is 11.8 Å². The summed E-state index contributed by atoms with van der Waals surface area (Å²) in [4.78, 5) is 16.3. The van der Waals surface area contributed by atoms with Crippen LogP contribution in [-0.2, 0) is 26.8 Å². The molecule has 1 aromatic heterocycles. The first-order valence-electron chi connectivity index (χ1n) is 9.23. The average molecular weight is 484 g/mol. The lowest BCUT2D eigenvalue weighted by Gasteiger charge is -2.12. The van der Waals surface area contributed by atoms with E-state index in [0.717, 1.165) is 24.3 Å². The molecular formula is C20H19ClFN3O6S. The van der Waals surface area contributed by atoms with Crippen molar-refractivity contribution in [2.24, 2.45) is 0 Å². The number of nitrogens with one attached hydrogen (secondary N) is 1. The van der Waals surface area contributed by atoms with Crippen molar-refractivity contribution in [2.75, 3.05) is 19.5 Å². The number of amides is 1. The van der Waals surface area contributed by atoms with E-state index in [1.807, 2.05) is 0 Å². The number of carbonyl (C=O) groups is 1. The van der Waals surface area contributed by atoms with Gasteiger partial charge in [0.05, 0.1) is 29.8 Å². The van der Waals surface area contributed by atoms with Gasteiger partial charge < -0.3 is 19.3 Å². The molecule has 0 saturated carbocycles. The lowest BCUT2D eigenvalue weighted by Crippen LogP contribution is -2.13. The van der Waals surface area contributed by atoms with Crippen molar-refractivity contribution in [1.82, 2.24) is 10.1 Å². The smallest absolute Gasteiger partial charge is 0.227 e. The molecule has 1 amide bonds. The highest BCUT2D eigenvalue weighted by molar-refractivity contribution is 7.90. The molecule has 170 valence electrons. The van der Waals surface area contributed by atoms with Gasteiger partial charge in [0.15, 0.2) is 15.7 Å². The van der Waals surface area contributed by atoms with E-state index in [2.05, 4.69) is 15.5 Å². The summed E-state index contributed by atoms with van der Waals surface area (Å²) in [5.41, 5.74) is 0.361. The number of aryl methyl sites for hydroxylation is 1. The SMILES string of the molecule is COc1cc(OC)c(NC(=O)CCc2nc(CS(=O)(=O)c3ccc(F)cc3)no2)cc1Cl. The molecule has 0 aliphatic heterocycles. The van der Waals surface area contributed by atoms with E-state index in [1.165, 1.54) is 20.3 Å². The third-order valence-electron chi connectivity index (χ3n) is 4.32. The van der Waals surface area contributed by atoms with Gasteiger partial charge in [-0.3, -0.25) is 4.79 Å². The fourth-order valence-electron chi connectivity index (χ4n) is 2.74. The van der Waals surface area contributed by atoms with Crippen molar-refractivity contribution in [1.29, 1.82) is 0 Å². The van der Waals surface area contributed by atoms with Gasteiger partial charge in [0, 0.05) is 18.9 Å². The quantitative estimate of drug-likeness (QED) is 0.459. The maximum Gasteiger partial charge on any atom is 0.227 e. The first-order valence-corrected chi connectivity index (χ1v) is 11.3. The predicted molar refractivity (Wildman–Crippen MR) is 113 cm³/mol. The molecule has 1 heterocycles. The first-order chi connectivity index (χ1) is 15.2. The molecular weight excluding hydrogens is 465 g/mol. The Kier molecular flexibility index (Phi) is 7.31. The summed E-state index contributed by atoms with van der Waals surface area (Å²) < 4.78 is 53.1. The Bertz CT molecular complexity index is 1210. The van der Waals surface area contributed by atoms with Gasteiger partial charge >= 0.3 is 0 Å². The van der Waals surface area contributed by atoms with Gasteiger partial charge in [0.25, 0.3) is 0 Å². The molecule has 3 rings (SSSR count). The summed E-state index contributed by atoms with van der Waals surface area (Å²) >= 11 is 6.09. The maximum atomic E-state index is 13.0. The van der Waals surface area contributed by atoms with Crippen molar-refractivity contribution < 1.29 is 31.6 Å². The van der Waals surface area contributed by atoms with Crippen molar-refractivity contribution >= 4 is 33.0 Å². The van der Waals surface area contributed by atoms with Crippen LogP contribution in [0.4, 0.5) is 10.1 Å². The second-order valence-corrected chi connectivity index (χ2v) is 8.95. The Labute approximate surface area is 188 Å². The Morgan fingerprint density at radius 3 is 2.50 bits per heavy atom. The fourth-order valence-corrected chi connectivity index (χ4v) is 4.15. The van der Waals surface area contributed by atoms with Gasteiger partial charge in [-0.1, -0.05) is 16.8 Å². The second kappa shape index (κ2) is 9.96. The average Bonchev–Trinajstić information content (AvgIpc) is 3.19. The van der Waals surface area contributed by atoms with Crippen molar-refractivity contribution in [3.63, 3.8) is 0 Å². The fraction of sp³-hybridized carbons (Fsp3) is 0.250. The van der Waals surface area contributed by atoms with Gasteiger partial charge in [-0.25, -0.2) is 12.8 Å². The van der Waals surface area contributed by atoms with Crippen LogP contribution in [0.25, 0.3) is 0 Å². The van der Waals surface area contributed by atoms with Gasteiger partial charge in [0.1, 0.15) is 23.1 Å². The molecule has 3 aromatic rings. The van der Waals surface area contributed by atoms with Crippen LogP contribution in [-0.4, -0.2) is 38.7 Å². The summed E-state index contributed by atoms with van der Waals surface area (Å²) in [6, 6.07) is 7.48. The zero-order valence-corrected chi connectivity index (χ0v) is 18.7. The summed E-state index contributed by atoms with van der Waals surface area (Å²) in [5, 5.41) is 6.62. The number of ether oxygens (including phenoxy) is 2. The molecule has 1 N–H and O–H groups in total. The Hall–Kier alpha value is -3.18. The van der Waals surface area contributed by atoms with Crippen LogP contribution in [0.15, 0.2) is 45.8 Å². The number of hydrogen-bond donors (Lipinski definition) is 1. The molecule has 0 aliphatic carbocycles. The number of sulfone groups is 1. The van der Waals surface area contributed by atoms with E-state index in [4.69, 9.17) is 25.6 Å². The van der Waals surface area contributed by atoms with E-state index < -0.39 is 21.4 Å². The van der Waals surface area contributed by atoms with Crippen molar-refractivity contribution in [3.8, 4) is 11.5 Å². The van der Waals surface area contributed by atoms with E-state index in [-0.39, 0.29) is 35.4 Å². The monoisotopic (exact) mass is 483 g/mol. The highest BCUT2D eigenvalue weighted by Crippen LogP contribution is 2.35. The topological polar surface area (TPSA) is 121 Å². The number of aromatic nitrogens is 2. The largest absolute Gasteiger partial charge is 0.495 e. The summed E-state index contributed by atoms with van der Waals surface area (Å²) in [6.45, 7) is 0. The van der Waals surface area contributed by atoms with Gasteiger partial charge in [-0.2, -0.15) is 4.98 Å². The molecule has 0 radical (unpaired) electrons. The van der Waals surface area contributed by atoms with Crippen LogP contribution in [0.1, 0.15) is 18.1 Å². The molecule has 9 nitrogen and oxygen atoms in total. The lowest BCUT2D eigenvalue weighted by atomic mass is 10.2. The molecule has 32 heavy (non-hydrogen) atoms. The van der Waals surface area contributed by atoms with Crippen LogP contribution >= 0.6 is 11.6 Å². The highest BCUT2D eigenvalue weighted by atomic mass is 35.5. The predicted octanol–water partition coefficient (Wildman–Crippen LogP) is 3.42. The van der Waals surface area contributed by atoms with E-state index in [0.29, 0.717) is 22.2 Å². The number of halogens is 2. The molecule has 0 aliphatic rings. The minimum atomic E-state index is -3.77. The first kappa shape index (κ1) is 23.5. The number of methoxy groups -OCH3 is 2. The molecule has 0 atom stereocenters. The second-order valence-electron chi connectivity index (χ2n) is 6.55. The number of nitrogens with zero attached hydrogens (tertiary/aromatic N) is 2. The highest BCUT2D eigenvalue weighted by Gasteiger charge is 2.20. The maximum absolute atomic E-state index is 13.0. The minimum Gasteiger partial charge on any atom is -0.495 e. The van der Waals surface area contributed by atoms with E-state index in [9.17, 15) is 17.6 Å². The number of rotatable bonds is 9. The summed E-state index contributed by atoms with van der Waals surface area (Å²) in [6.07, 6.45) is 0.0702. The lowest BCUT2D eigenvalue weighted by molar-refractivity contribution is -0.116. The van der Waals surface area contributed by atoms with Crippen LogP contribution < -0.4 is 14.8 Å². The number of hydrogen-bond acceptors (Lipinski definition) is 8. The molecule has 0 unspecified atom stereocenters. The Balaban J connectivity index is 1.60. The third-order valence-corrected chi connectivity index (χ3v) is 6.24. The Morgan fingerprint density at radius 1 is 1.16 bits per heavy atom. The molecule has 12 heteroatoms. The van der Waals surface area contributed by atoms with Crippen molar-refractivity contribution in [2.45, 2.75) is 23.5 Å². The number of carbonyl (C=O) groups excluding carboxylic acids is 1.